The molecule has 1 rings (SSSR count). The summed E-state index contributed by atoms with van der Waals surface area (Å²) in [5.41, 5.74) is 0.879. The van der Waals surface area contributed by atoms with Gasteiger partial charge < -0.3 is 14.9 Å². The maximum Gasteiger partial charge on any atom is 0.160 e. The van der Waals surface area contributed by atoms with Crippen molar-refractivity contribution in [3.8, 4) is 11.5 Å². The number of aromatic hydroxyl groups is 1. The number of methoxy groups -OCH3 is 1. The summed E-state index contributed by atoms with van der Waals surface area (Å²) in [7, 11) is 1.47. The van der Waals surface area contributed by atoms with E-state index >= 15 is 0 Å². The largest absolute Gasteiger partial charge is 0.504 e. The summed E-state index contributed by atoms with van der Waals surface area (Å²) in [6.45, 7) is 1.68. The molecule has 2 N–H and O–H groups in total. The molecule has 0 fully saturated rings. The Bertz CT molecular complexity index is 508. The van der Waals surface area contributed by atoms with Crippen LogP contribution in [0.2, 0.25) is 0 Å². The number of hydrogen-bond donors (Lipinski definition) is 2. The molecule has 0 amide bonds. The number of ketones is 2. The van der Waals surface area contributed by atoms with Gasteiger partial charge in [0.05, 0.1) is 19.6 Å². The highest BCUT2D eigenvalue weighted by molar-refractivity contribution is 5.99. The third-order valence-electron chi connectivity index (χ3n) is 3.41. The molecule has 1 aromatic carbocycles. The summed E-state index contributed by atoms with van der Waals surface area (Å²) < 4.78 is 5.01. The van der Waals surface area contributed by atoms with Gasteiger partial charge in [-0.2, -0.15) is 0 Å². The monoisotopic (exact) mass is 308 g/mol. The van der Waals surface area contributed by atoms with Crippen molar-refractivity contribution in [2.75, 3.05) is 7.11 Å². The van der Waals surface area contributed by atoms with Crippen molar-refractivity contribution < 1.29 is 24.5 Å². The van der Waals surface area contributed by atoms with Gasteiger partial charge in [0.2, 0.25) is 0 Å². The van der Waals surface area contributed by atoms with Gasteiger partial charge in [-0.25, -0.2) is 0 Å². The van der Waals surface area contributed by atoms with Crippen molar-refractivity contribution >= 4 is 11.6 Å². The normalized spacial score (nSPS) is 12.0. The molecule has 1 atom stereocenters. The molecule has 0 aliphatic rings. The van der Waals surface area contributed by atoms with Crippen molar-refractivity contribution in [2.45, 2.75) is 51.6 Å². The number of hydrogen-bond acceptors (Lipinski definition) is 5. The first-order valence-electron chi connectivity index (χ1n) is 7.49. The fourth-order valence-corrected chi connectivity index (χ4v) is 2.15. The van der Waals surface area contributed by atoms with Gasteiger partial charge >= 0.3 is 0 Å². The molecular formula is C17H24O5. The van der Waals surface area contributed by atoms with Crippen molar-refractivity contribution in [1.82, 2.24) is 0 Å². The van der Waals surface area contributed by atoms with E-state index in [0.29, 0.717) is 31.4 Å². The van der Waals surface area contributed by atoms with E-state index in [4.69, 9.17) is 9.84 Å². The summed E-state index contributed by atoms with van der Waals surface area (Å²) in [5.74, 6) is 0.271. The Balaban J connectivity index is 2.35. The highest BCUT2D eigenvalue weighted by Crippen LogP contribution is 2.26. The molecule has 1 aromatic rings. The maximum absolute atomic E-state index is 11.8. The number of carbonyl (C=O) groups excluding carboxylic acids is 2. The molecule has 0 saturated carbocycles. The third kappa shape index (κ3) is 6.72. The minimum Gasteiger partial charge on any atom is -0.504 e. The second-order valence-corrected chi connectivity index (χ2v) is 5.50. The predicted molar refractivity (Wildman–Crippen MR) is 83.1 cm³/mol. The van der Waals surface area contributed by atoms with Crippen LogP contribution in [-0.2, 0) is 16.0 Å². The first kappa shape index (κ1) is 18.2. The van der Waals surface area contributed by atoms with Crippen LogP contribution in [0.3, 0.4) is 0 Å². The molecular weight excluding hydrogens is 284 g/mol. The summed E-state index contributed by atoms with van der Waals surface area (Å²) in [5, 5.41) is 18.6. The average molecular weight is 308 g/mol. The second kappa shape index (κ2) is 9.20. The molecule has 0 spiro atoms. The molecule has 122 valence electrons. The number of benzene rings is 1. The van der Waals surface area contributed by atoms with E-state index in [1.165, 1.54) is 13.2 Å². The Hall–Kier alpha value is -1.88. The topological polar surface area (TPSA) is 83.8 Å². The number of aliphatic hydroxyl groups is 1. The Morgan fingerprint density at radius 3 is 2.55 bits per heavy atom. The minimum absolute atomic E-state index is 0.0466. The zero-order chi connectivity index (χ0) is 16.5. The quantitative estimate of drug-likeness (QED) is 0.648. The lowest BCUT2D eigenvalue weighted by Gasteiger charge is -2.06. The van der Waals surface area contributed by atoms with E-state index in [1.54, 1.807) is 19.1 Å². The van der Waals surface area contributed by atoms with Gasteiger partial charge in [0.25, 0.3) is 0 Å². The molecule has 0 radical (unpaired) electrons. The van der Waals surface area contributed by atoms with Crippen LogP contribution in [0.25, 0.3) is 0 Å². The summed E-state index contributed by atoms with van der Waals surface area (Å²) in [6.07, 6.45) is 1.87. The third-order valence-corrected chi connectivity index (χ3v) is 3.41. The van der Waals surface area contributed by atoms with Crippen LogP contribution in [0.15, 0.2) is 18.2 Å². The van der Waals surface area contributed by atoms with Crippen molar-refractivity contribution in [1.29, 1.82) is 0 Å². The number of Topliss-reactive ketones (excluding diaryl/α,β-unsaturated/α-hetero) is 2. The lowest BCUT2D eigenvalue weighted by Crippen LogP contribution is -2.09. The highest BCUT2D eigenvalue weighted by Gasteiger charge is 2.11. The van der Waals surface area contributed by atoms with Crippen LogP contribution in [0.5, 0.6) is 11.5 Å². The average Bonchev–Trinajstić information content (AvgIpc) is 2.46. The highest BCUT2D eigenvalue weighted by atomic mass is 16.5. The van der Waals surface area contributed by atoms with Gasteiger partial charge in [-0.3, -0.25) is 9.59 Å². The number of phenols is 1. The van der Waals surface area contributed by atoms with E-state index in [9.17, 15) is 14.7 Å². The number of ether oxygens (including phenoxy) is 1. The Kier molecular flexibility index (Phi) is 7.60. The van der Waals surface area contributed by atoms with Crippen LogP contribution in [-0.4, -0.2) is 35.0 Å². The lowest BCUT2D eigenvalue weighted by atomic mass is 10.0. The van der Waals surface area contributed by atoms with Crippen molar-refractivity contribution in [3.05, 3.63) is 23.8 Å². The molecule has 0 bridgehead atoms. The predicted octanol–water partition coefficient (Wildman–Crippen LogP) is 2.41. The number of aliphatic hydroxyl groups excluding tert-OH is 1. The van der Waals surface area contributed by atoms with Gasteiger partial charge in [-0.05, 0) is 43.9 Å². The fraction of sp³-hybridized carbons (Fsp3) is 0.529. The molecule has 0 aliphatic heterocycles. The first-order valence-corrected chi connectivity index (χ1v) is 7.49. The number of aryl methyl sites for hydroxylation is 1. The van der Waals surface area contributed by atoms with Gasteiger partial charge in [0, 0.05) is 12.8 Å². The zero-order valence-corrected chi connectivity index (χ0v) is 13.2. The zero-order valence-electron chi connectivity index (χ0n) is 13.2. The fourth-order valence-electron chi connectivity index (χ4n) is 2.15. The van der Waals surface area contributed by atoms with Gasteiger partial charge in [0.15, 0.2) is 11.5 Å². The van der Waals surface area contributed by atoms with Crippen LogP contribution >= 0.6 is 0 Å². The number of carbonyl (C=O) groups is 2. The van der Waals surface area contributed by atoms with Crippen molar-refractivity contribution in [3.63, 3.8) is 0 Å². The molecule has 22 heavy (non-hydrogen) atoms. The summed E-state index contributed by atoms with van der Waals surface area (Å²) >= 11 is 0. The number of phenolic OH excluding ortho intramolecular Hbond substituents is 1. The molecule has 5 heteroatoms. The smallest absolute Gasteiger partial charge is 0.160 e. The van der Waals surface area contributed by atoms with E-state index in [1.807, 2.05) is 0 Å². The van der Waals surface area contributed by atoms with Crippen LogP contribution < -0.4 is 4.74 Å². The lowest BCUT2D eigenvalue weighted by molar-refractivity contribution is -0.127. The molecule has 0 aliphatic carbocycles. The molecule has 5 nitrogen and oxygen atoms in total. The van der Waals surface area contributed by atoms with Gasteiger partial charge in [0.1, 0.15) is 11.6 Å². The standard InChI is InChI=1S/C17H24O5/c1-12(18)4-3-5-14(19)11-15(20)8-6-13-7-9-16(21)17(10-13)22-2/h7,9-10,12,18,21H,3-6,8,11H2,1-2H3. The van der Waals surface area contributed by atoms with Crippen LogP contribution in [0.4, 0.5) is 0 Å². The maximum atomic E-state index is 11.8. The summed E-state index contributed by atoms with van der Waals surface area (Å²) in [6, 6.07) is 4.95. The van der Waals surface area contributed by atoms with Crippen molar-refractivity contribution in [2.24, 2.45) is 0 Å². The Morgan fingerprint density at radius 2 is 1.91 bits per heavy atom. The molecule has 0 aromatic heterocycles. The van der Waals surface area contributed by atoms with Crippen LogP contribution in [0.1, 0.15) is 44.6 Å². The van der Waals surface area contributed by atoms with Gasteiger partial charge in [-0.1, -0.05) is 6.07 Å². The molecule has 0 saturated heterocycles. The second-order valence-electron chi connectivity index (χ2n) is 5.50. The Labute approximate surface area is 130 Å². The number of rotatable bonds is 10. The van der Waals surface area contributed by atoms with E-state index in [2.05, 4.69) is 0 Å². The van der Waals surface area contributed by atoms with Crippen LogP contribution in [0, 0.1) is 0 Å². The first-order chi connectivity index (χ1) is 10.4. The van der Waals surface area contributed by atoms with E-state index in [0.717, 1.165) is 5.56 Å². The molecule has 0 heterocycles. The van der Waals surface area contributed by atoms with E-state index in [-0.39, 0.29) is 30.2 Å². The minimum atomic E-state index is -0.409. The van der Waals surface area contributed by atoms with E-state index < -0.39 is 6.10 Å². The Morgan fingerprint density at radius 1 is 1.23 bits per heavy atom. The molecule has 1 unspecified atom stereocenters. The SMILES string of the molecule is COc1cc(CCC(=O)CC(=O)CCCC(C)O)ccc1O. The van der Waals surface area contributed by atoms with Gasteiger partial charge in [-0.15, -0.1) is 0 Å². The summed E-state index contributed by atoms with van der Waals surface area (Å²) in [4.78, 5) is 23.4.